The van der Waals surface area contributed by atoms with E-state index in [-0.39, 0.29) is 6.04 Å². The number of aromatic nitrogens is 7. The fraction of sp³-hybridized carbons (Fsp3) is 0.231. The van der Waals surface area contributed by atoms with Gasteiger partial charge in [-0.25, -0.2) is 0 Å². The standard InChI is InChI=1S/C13H12ClN7O/c1-8(11-3-4-12(14)17-16-11)21-19-13(18-20-21)9-5-10(22-2)7-15-6-9/h3-8H,1-2H3. The Morgan fingerprint density at radius 1 is 1.18 bits per heavy atom. The number of pyridine rings is 1. The van der Waals surface area contributed by atoms with Gasteiger partial charge in [0.15, 0.2) is 5.15 Å². The second-order valence-electron chi connectivity index (χ2n) is 4.50. The van der Waals surface area contributed by atoms with Crippen LogP contribution < -0.4 is 4.74 Å². The van der Waals surface area contributed by atoms with Crippen molar-refractivity contribution in [3.05, 3.63) is 41.4 Å². The average molecular weight is 318 g/mol. The fourth-order valence-corrected chi connectivity index (χ4v) is 1.93. The summed E-state index contributed by atoms with van der Waals surface area (Å²) in [7, 11) is 1.58. The maximum Gasteiger partial charge on any atom is 0.206 e. The van der Waals surface area contributed by atoms with Gasteiger partial charge >= 0.3 is 0 Å². The van der Waals surface area contributed by atoms with Crippen LogP contribution in [0.15, 0.2) is 30.6 Å². The van der Waals surface area contributed by atoms with Crippen molar-refractivity contribution in [3.63, 3.8) is 0 Å². The molecule has 3 aromatic rings. The number of rotatable bonds is 4. The Morgan fingerprint density at radius 3 is 2.77 bits per heavy atom. The molecule has 0 N–H and O–H groups in total. The van der Waals surface area contributed by atoms with Gasteiger partial charge in [-0.1, -0.05) is 11.6 Å². The van der Waals surface area contributed by atoms with Crippen molar-refractivity contribution in [3.8, 4) is 17.1 Å². The summed E-state index contributed by atoms with van der Waals surface area (Å²) in [5.41, 5.74) is 1.41. The summed E-state index contributed by atoms with van der Waals surface area (Å²) >= 11 is 5.73. The molecule has 0 amide bonds. The van der Waals surface area contributed by atoms with E-state index in [2.05, 4.69) is 30.6 Å². The zero-order valence-corrected chi connectivity index (χ0v) is 12.6. The Labute approximate surface area is 131 Å². The predicted molar refractivity (Wildman–Crippen MR) is 78.5 cm³/mol. The van der Waals surface area contributed by atoms with Crippen LogP contribution in [-0.4, -0.2) is 42.5 Å². The Balaban J connectivity index is 1.88. The second-order valence-corrected chi connectivity index (χ2v) is 4.89. The van der Waals surface area contributed by atoms with Gasteiger partial charge in [0.2, 0.25) is 5.82 Å². The Morgan fingerprint density at radius 2 is 2.05 bits per heavy atom. The van der Waals surface area contributed by atoms with Gasteiger partial charge in [0.05, 0.1) is 19.0 Å². The van der Waals surface area contributed by atoms with E-state index >= 15 is 0 Å². The third-order valence-corrected chi connectivity index (χ3v) is 3.26. The minimum Gasteiger partial charge on any atom is -0.495 e. The zero-order valence-electron chi connectivity index (χ0n) is 11.9. The lowest BCUT2D eigenvalue weighted by Crippen LogP contribution is -2.12. The van der Waals surface area contributed by atoms with E-state index in [9.17, 15) is 0 Å². The topological polar surface area (TPSA) is 91.5 Å². The summed E-state index contributed by atoms with van der Waals surface area (Å²) in [5.74, 6) is 1.09. The minimum absolute atomic E-state index is 0.218. The van der Waals surface area contributed by atoms with Gasteiger partial charge in [-0.2, -0.15) is 9.90 Å². The molecule has 0 aliphatic rings. The van der Waals surface area contributed by atoms with Crippen LogP contribution in [0.2, 0.25) is 5.15 Å². The highest BCUT2D eigenvalue weighted by Crippen LogP contribution is 2.20. The Hall–Kier alpha value is -2.61. The van der Waals surface area contributed by atoms with Crippen molar-refractivity contribution in [1.82, 2.24) is 35.4 Å². The van der Waals surface area contributed by atoms with Gasteiger partial charge in [0.1, 0.15) is 11.8 Å². The molecule has 8 nitrogen and oxygen atoms in total. The molecule has 0 saturated heterocycles. The molecule has 3 rings (SSSR count). The summed E-state index contributed by atoms with van der Waals surface area (Å²) in [5, 5.41) is 20.6. The van der Waals surface area contributed by atoms with Crippen LogP contribution in [0.4, 0.5) is 0 Å². The first-order valence-corrected chi connectivity index (χ1v) is 6.83. The van der Waals surface area contributed by atoms with Crippen LogP contribution in [-0.2, 0) is 0 Å². The number of hydrogen-bond donors (Lipinski definition) is 0. The van der Waals surface area contributed by atoms with Crippen molar-refractivity contribution in [1.29, 1.82) is 0 Å². The average Bonchev–Trinajstić information content (AvgIpc) is 3.05. The van der Waals surface area contributed by atoms with Gasteiger partial charge in [-0.05, 0) is 30.3 Å². The van der Waals surface area contributed by atoms with Crippen LogP contribution in [0.3, 0.4) is 0 Å². The van der Waals surface area contributed by atoms with Crippen molar-refractivity contribution in [2.24, 2.45) is 0 Å². The highest BCUT2D eigenvalue weighted by atomic mass is 35.5. The van der Waals surface area contributed by atoms with Crippen LogP contribution in [0.1, 0.15) is 18.7 Å². The van der Waals surface area contributed by atoms with Gasteiger partial charge in [0, 0.05) is 11.8 Å². The first kappa shape index (κ1) is 14.3. The number of nitrogens with zero attached hydrogens (tertiary/aromatic N) is 7. The van der Waals surface area contributed by atoms with Crippen molar-refractivity contribution < 1.29 is 4.74 Å². The smallest absolute Gasteiger partial charge is 0.206 e. The van der Waals surface area contributed by atoms with Crippen molar-refractivity contribution >= 4 is 11.6 Å². The minimum atomic E-state index is -0.218. The molecule has 0 spiro atoms. The monoisotopic (exact) mass is 317 g/mol. The quantitative estimate of drug-likeness (QED) is 0.724. The molecule has 0 radical (unpaired) electrons. The number of hydrogen-bond acceptors (Lipinski definition) is 7. The largest absolute Gasteiger partial charge is 0.495 e. The summed E-state index contributed by atoms with van der Waals surface area (Å²) in [6.45, 7) is 1.90. The van der Waals surface area contributed by atoms with Gasteiger partial charge in [-0.15, -0.1) is 15.3 Å². The lowest BCUT2D eigenvalue weighted by molar-refractivity contribution is 0.413. The number of halogens is 1. The molecule has 0 aliphatic carbocycles. The maximum atomic E-state index is 5.73. The molecule has 0 bridgehead atoms. The maximum absolute atomic E-state index is 5.73. The number of methoxy groups -OCH3 is 1. The molecule has 1 unspecified atom stereocenters. The number of tetrazole rings is 1. The van der Waals surface area contributed by atoms with E-state index in [1.54, 1.807) is 37.7 Å². The normalized spacial score (nSPS) is 12.1. The number of ether oxygens (including phenoxy) is 1. The van der Waals surface area contributed by atoms with Crippen molar-refractivity contribution in [2.75, 3.05) is 7.11 Å². The summed E-state index contributed by atoms with van der Waals surface area (Å²) < 4.78 is 5.14. The highest BCUT2D eigenvalue weighted by Gasteiger charge is 2.15. The molecular weight excluding hydrogens is 306 g/mol. The molecule has 0 fully saturated rings. The molecule has 112 valence electrons. The molecule has 1 atom stereocenters. The Kier molecular flexibility index (Phi) is 3.92. The third-order valence-electron chi connectivity index (χ3n) is 3.06. The van der Waals surface area contributed by atoms with Crippen LogP contribution >= 0.6 is 11.6 Å². The van der Waals surface area contributed by atoms with Crippen LogP contribution in [0.5, 0.6) is 5.75 Å². The molecule has 0 aromatic carbocycles. The van der Waals surface area contributed by atoms with Gasteiger partial charge in [0.25, 0.3) is 0 Å². The molecule has 3 aromatic heterocycles. The van der Waals surface area contributed by atoms with Crippen LogP contribution in [0, 0.1) is 0 Å². The molecule has 0 saturated carbocycles. The lowest BCUT2D eigenvalue weighted by atomic mass is 10.2. The molecule has 0 aliphatic heterocycles. The zero-order chi connectivity index (χ0) is 15.5. The Bertz CT molecular complexity index is 774. The molecule has 22 heavy (non-hydrogen) atoms. The summed E-state index contributed by atoms with van der Waals surface area (Å²) in [6.07, 6.45) is 3.26. The SMILES string of the molecule is COc1cncc(-c2nnn(C(C)c3ccc(Cl)nn3)n2)c1. The first-order valence-electron chi connectivity index (χ1n) is 6.45. The predicted octanol–water partition coefficient (Wildman–Crippen LogP) is 1.80. The van der Waals surface area contributed by atoms with E-state index in [0.717, 1.165) is 5.56 Å². The summed E-state index contributed by atoms with van der Waals surface area (Å²) in [6, 6.07) is 5.02. The van der Waals surface area contributed by atoms with Crippen LogP contribution in [0.25, 0.3) is 11.4 Å². The highest BCUT2D eigenvalue weighted by molar-refractivity contribution is 6.29. The van der Waals surface area contributed by atoms with E-state index in [0.29, 0.717) is 22.4 Å². The van der Waals surface area contributed by atoms with E-state index in [1.807, 2.05) is 6.92 Å². The molecule has 9 heteroatoms. The summed E-state index contributed by atoms with van der Waals surface area (Å²) in [4.78, 5) is 5.54. The van der Waals surface area contributed by atoms with Crippen molar-refractivity contribution in [2.45, 2.75) is 13.0 Å². The first-order chi connectivity index (χ1) is 10.7. The van der Waals surface area contributed by atoms with E-state index < -0.39 is 0 Å². The van der Waals surface area contributed by atoms with E-state index in [4.69, 9.17) is 16.3 Å². The lowest BCUT2D eigenvalue weighted by Gasteiger charge is -2.07. The molecular formula is C13H12ClN7O. The van der Waals surface area contributed by atoms with Gasteiger partial charge < -0.3 is 4.74 Å². The van der Waals surface area contributed by atoms with E-state index in [1.165, 1.54) is 4.80 Å². The second kappa shape index (κ2) is 6.02. The van der Waals surface area contributed by atoms with Gasteiger partial charge in [-0.3, -0.25) is 4.98 Å². The molecule has 3 heterocycles. The third kappa shape index (κ3) is 2.86. The fourth-order valence-electron chi connectivity index (χ4n) is 1.82.